The number of hydrogen-bond donors (Lipinski definition) is 1. The molecule has 0 fully saturated rings. The van der Waals surface area contributed by atoms with Gasteiger partial charge in [0, 0.05) is 18.2 Å². The summed E-state index contributed by atoms with van der Waals surface area (Å²) in [5.74, 6) is -2.20. The molecule has 0 saturated heterocycles. The van der Waals surface area contributed by atoms with Crippen molar-refractivity contribution in [3.05, 3.63) is 53.5 Å². The number of pyridine rings is 1. The first-order chi connectivity index (χ1) is 10.1. The molecule has 1 aromatic carbocycles. The predicted octanol–water partition coefficient (Wildman–Crippen LogP) is 3.79. The topological polar surface area (TPSA) is 34.2 Å². The van der Waals surface area contributed by atoms with E-state index in [9.17, 15) is 13.2 Å². The number of halogens is 3. The molecule has 0 bridgehead atoms. The average molecular weight is 296 g/mol. The molecule has 1 aromatic heterocycles. The summed E-state index contributed by atoms with van der Waals surface area (Å²) in [6.45, 7) is 3.15. The van der Waals surface area contributed by atoms with Crippen LogP contribution in [0.15, 0.2) is 30.5 Å². The van der Waals surface area contributed by atoms with Crippen molar-refractivity contribution >= 4 is 0 Å². The SMILES string of the molecule is CCCNCc1cc(F)cnc1Oc1ccc(F)c(F)c1. The highest BCUT2D eigenvalue weighted by Crippen LogP contribution is 2.25. The van der Waals surface area contributed by atoms with E-state index in [4.69, 9.17) is 4.74 Å². The van der Waals surface area contributed by atoms with Gasteiger partial charge >= 0.3 is 0 Å². The molecule has 1 N–H and O–H groups in total. The highest BCUT2D eigenvalue weighted by Gasteiger charge is 2.10. The smallest absolute Gasteiger partial charge is 0.223 e. The van der Waals surface area contributed by atoms with Gasteiger partial charge in [-0.05, 0) is 31.2 Å². The van der Waals surface area contributed by atoms with Crippen molar-refractivity contribution in [2.45, 2.75) is 19.9 Å². The summed E-state index contributed by atoms with van der Waals surface area (Å²) in [4.78, 5) is 3.85. The fourth-order valence-corrected chi connectivity index (χ4v) is 1.74. The molecular weight excluding hydrogens is 281 g/mol. The van der Waals surface area contributed by atoms with Crippen LogP contribution in [0.5, 0.6) is 11.6 Å². The number of nitrogens with zero attached hydrogens (tertiary/aromatic N) is 1. The number of hydrogen-bond acceptors (Lipinski definition) is 3. The van der Waals surface area contributed by atoms with Gasteiger partial charge in [0.15, 0.2) is 11.6 Å². The molecule has 0 aliphatic heterocycles. The number of nitrogens with one attached hydrogen (secondary N) is 1. The molecule has 2 rings (SSSR count). The van der Waals surface area contributed by atoms with Gasteiger partial charge in [0.2, 0.25) is 5.88 Å². The van der Waals surface area contributed by atoms with E-state index in [1.165, 1.54) is 12.1 Å². The molecule has 6 heteroatoms. The molecule has 112 valence electrons. The second kappa shape index (κ2) is 7.08. The fraction of sp³-hybridized carbons (Fsp3) is 0.267. The fourth-order valence-electron chi connectivity index (χ4n) is 1.74. The predicted molar refractivity (Wildman–Crippen MR) is 72.6 cm³/mol. The van der Waals surface area contributed by atoms with Crippen LogP contribution in [-0.2, 0) is 6.54 Å². The Balaban J connectivity index is 2.19. The van der Waals surface area contributed by atoms with Crippen LogP contribution in [-0.4, -0.2) is 11.5 Å². The summed E-state index contributed by atoms with van der Waals surface area (Å²) in [5.41, 5.74) is 0.508. The Labute approximate surface area is 120 Å². The maximum absolute atomic E-state index is 13.3. The second-order valence-electron chi connectivity index (χ2n) is 4.47. The van der Waals surface area contributed by atoms with Crippen LogP contribution in [0.4, 0.5) is 13.2 Å². The molecule has 0 aliphatic carbocycles. The molecule has 0 atom stereocenters. The monoisotopic (exact) mass is 296 g/mol. The number of benzene rings is 1. The minimum Gasteiger partial charge on any atom is -0.439 e. The van der Waals surface area contributed by atoms with E-state index in [0.717, 1.165) is 31.3 Å². The van der Waals surface area contributed by atoms with Crippen molar-refractivity contribution in [2.75, 3.05) is 6.54 Å². The molecule has 0 amide bonds. The summed E-state index contributed by atoms with van der Waals surface area (Å²) >= 11 is 0. The lowest BCUT2D eigenvalue weighted by atomic mass is 10.2. The zero-order valence-corrected chi connectivity index (χ0v) is 11.5. The summed E-state index contributed by atoms with van der Waals surface area (Å²) in [5, 5.41) is 3.10. The van der Waals surface area contributed by atoms with Crippen LogP contribution in [0.1, 0.15) is 18.9 Å². The van der Waals surface area contributed by atoms with Crippen molar-refractivity contribution in [2.24, 2.45) is 0 Å². The Hall–Kier alpha value is -2.08. The Morgan fingerprint density at radius 1 is 1.14 bits per heavy atom. The first kappa shape index (κ1) is 15.3. The van der Waals surface area contributed by atoms with Crippen molar-refractivity contribution < 1.29 is 17.9 Å². The maximum Gasteiger partial charge on any atom is 0.223 e. The van der Waals surface area contributed by atoms with Crippen LogP contribution in [0.2, 0.25) is 0 Å². The normalized spacial score (nSPS) is 10.7. The minimum absolute atomic E-state index is 0.102. The van der Waals surface area contributed by atoms with Gasteiger partial charge in [-0.25, -0.2) is 18.2 Å². The van der Waals surface area contributed by atoms with E-state index in [1.807, 2.05) is 6.92 Å². The molecule has 2 aromatic rings. The van der Waals surface area contributed by atoms with Crippen LogP contribution >= 0.6 is 0 Å². The average Bonchev–Trinajstić information content (AvgIpc) is 2.46. The number of rotatable bonds is 6. The third-order valence-electron chi connectivity index (χ3n) is 2.74. The first-order valence-electron chi connectivity index (χ1n) is 6.58. The number of ether oxygens (including phenoxy) is 1. The lowest BCUT2D eigenvalue weighted by Crippen LogP contribution is -2.15. The van der Waals surface area contributed by atoms with E-state index >= 15 is 0 Å². The van der Waals surface area contributed by atoms with Crippen molar-refractivity contribution in [3.8, 4) is 11.6 Å². The van der Waals surface area contributed by atoms with Crippen molar-refractivity contribution in [1.82, 2.24) is 10.3 Å². The van der Waals surface area contributed by atoms with Gasteiger partial charge in [-0.15, -0.1) is 0 Å². The van der Waals surface area contributed by atoms with Gasteiger partial charge in [0.05, 0.1) is 6.20 Å². The lowest BCUT2D eigenvalue weighted by molar-refractivity contribution is 0.437. The lowest BCUT2D eigenvalue weighted by Gasteiger charge is -2.11. The van der Waals surface area contributed by atoms with E-state index in [2.05, 4.69) is 10.3 Å². The molecular formula is C15H15F3N2O. The maximum atomic E-state index is 13.3. The van der Waals surface area contributed by atoms with E-state index in [-0.39, 0.29) is 11.6 Å². The molecule has 21 heavy (non-hydrogen) atoms. The molecule has 3 nitrogen and oxygen atoms in total. The van der Waals surface area contributed by atoms with E-state index in [1.54, 1.807) is 0 Å². The van der Waals surface area contributed by atoms with Crippen LogP contribution in [0, 0.1) is 17.5 Å². The van der Waals surface area contributed by atoms with Gasteiger partial charge < -0.3 is 10.1 Å². The molecule has 1 heterocycles. The Kier molecular flexibility index (Phi) is 5.16. The molecule has 0 aliphatic rings. The molecule has 0 saturated carbocycles. The van der Waals surface area contributed by atoms with Crippen LogP contribution in [0.25, 0.3) is 0 Å². The Bertz CT molecular complexity index is 620. The Morgan fingerprint density at radius 3 is 2.67 bits per heavy atom. The second-order valence-corrected chi connectivity index (χ2v) is 4.47. The molecule has 0 radical (unpaired) electrons. The summed E-state index contributed by atoms with van der Waals surface area (Å²) in [7, 11) is 0. The van der Waals surface area contributed by atoms with Gasteiger partial charge in [-0.3, -0.25) is 0 Å². The summed E-state index contributed by atoms with van der Waals surface area (Å²) < 4.78 is 44.7. The highest BCUT2D eigenvalue weighted by atomic mass is 19.2. The molecule has 0 unspecified atom stereocenters. The highest BCUT2D eigenvalue weighted by molar-refractivity contribution is 5.33. The zero-order chi connectivity index (χ0) is 15.2. The zero-order valence-electron chi connectivity index (χ0n) is 11.5. The quantitative estimate of drug-likeness (QED) is 0.824. The number of aromatic nitrogens is 1. The largest absolute Gasteiger partial charge is 0.439 e. The first-order valence-corrected chi connectivity index (χ1v) is 6.58. The minimum atomic E-state index is -1.01. The summed E-state index contributed by atoms with van der Waals surface area (Å²) in [6, 6.07) is 4.46. The van der Waals surface area contributed by atoms with Gasteiger partial charge in [-0.1, -0.05) is 6.92 Å². The van der Waals surface area contributed by atoms with Gasteiger partial charge in [-0.2, -0.15) is 0 Å². The van der Waals surface area contributed by atoms with Crippen molar-refractivity contribution in [1.29, 1.82) is 0 Å². The molecule has 0 spiro atoms. The van der Waals surface area contributed by atoms with Gasteiger partial charge in [0.25, 0.3) is 0 Å². The van der Waals surface area contributed by atoms with Crippen LogP contribution < -0.4 is 10.1 Å². The van der Waals surface area contributed by atoms with Gasteiger partial charge in [0.1, 0.15) is 11.6 Å². The van der Waals surface area contributed by atoms with E-state index in [0.29, 0.717) is 12.1 Å². The van der Waals surface area contributed by atoms with E-state index < -0.39 is 17.5 Å². The third kappa shape index (κ3) is 4.19. The standard InChI is InChI=1S/C15H15F3N2O/c1-2-5-19-8-10-6-11(16)9-20-15(10)21-12-3-4-13(17)14(18)7-12/h3-4,6-7,9,19H,2,5,8H2,1H3. The van der Waals surface area contributed by atoms with Crippen LogP contribution in [0.3, 0.4) is 0 Å². The third-order valence-corrected chi connectivity index (χ3v) is 2.74. The summed E-state index contributed by atoms with van der Waals surface area (Å²) in [6.07, 6.45) is 1.95. The Morgan fingerprint density at radius 2 is 1.95 bits per heavy atom. The van der Waals surface area contributed by atoms with Crippen molar-refractivity contribution in [3.63, 3.8) is 0 Å².